The van der Waals surface area contributed by atoms with E-state index in [1.807, 2.05) is 0 Å². The zero-order chi connectivity index (χ0) is 11.5. The summed E-state index contributed by atoms with van der Waals surface area (Å²) in [6.07, 6.45) is 4.82. The third-order valence-electron chi connectivity index (χ3n) is 1.95. The van der Waals surface area contributed by atoms with E-state index < -0.39 is 0 Å². The molecule has 0 radical (unpaired) electrons. The number of anilines is 1. The van der Waals surface area contributed by atoms with Crippen molar-refractivity contribution in [2.45, 2.75) is 0 Å². The summed E-state index contributed by atoms with van der Waals surface area (Å²) in [6.45, 7) is 0. The van der Waals surface area contributed by atoms with Gasteiger partial charge in [0, 0.05) is 19.4 Å². The molecule has 1 N–H and O–H groups in total. The Labute approximate surface area is 101 Å². The highest BCUT2D eigenvalue weighted by molar-refractivity contribution is 9.10. The van der Waals surface area contributed by atoms with Gasteiger partial charge in [-0.15, -0.1) is 0 Å². The topological polar surface area (TPSA) is 59.8 Å². The minimum absolute atomic E-state index is 0.201. The smallest absolute Gasteiger partial charge is 0.257 e. The minimum Gasteiger partial charge on any atom is -0.319 e. The van der Waals surface area contributed by atoms with Gasteiger partial charge in [-0.2, -0.15) is 5.10 Å². The van der Waals surface area contributed by atoms with E-state index in [4.69, 9.17) is 0 Å². The van der Waals surface area contributed by atoms with E-state index in [2.05, 4.69) is 31.3 Å². The molecule has 0 fully saturated rings. The highest BCUT2D eigenvalue weighted by Gasteiger charge is 2.07. The van der Waals surface area contributed by atoms with E-state index >= 15 is 0 Å². The van der Waals surface area contributed by atoms with Gasteiger partial charge in [-0.05, 0) is 28.1 Å². The first kappa shape index (κ1) is 10.8. The summed E-state index contributed by atoms with van der Waals surface area (Å²) in [5, 5.41) is 6.68. The number of halogens is 1. The quantitative estimate of drug-likeness (QED) is 0.854. The predicted octanol–water partition coefficient (Wildman–Crippen LogP) is 1.83. The Balaban J connectivity index is 2.11. The summed E-state index contributed by atoms with van der Waals surface area (Å²) in [5.41, 5.74) is 1.17. The fraction of sp³-hybridized carbons (Fsp3) is 0.100. The first-order chi connectivity index (χ1) is 7.65. The van der Waals surface area contributed by atoms with Crippen molar-refractivity contribution in [3.63, 3.8) is 0 Å². The monoisotopic (exact) mass is 280 g/mol. The lowest BCUT2D eigenvalue weighted by Crippen LogP contribution is -2.11. The van der Waals surface area contributed by atoms with Crippen molar-refractivity contribution < 1.29 is 4.79 Å². The van der Waals surface area contributed by atoms with Crippen LogP contribution in [0.2, 0.25) is 0 Å². The summed E-state index contributed by atoms with van der Waals surface area (Å²) in [6, 6.07) is 3.42. The molecular weight excluding hydrogens is 272 g/mol. The number of aromatic nitrogens is 3. The second kappa shape index (κ2) is 4.44. The van der Waals surface area contributed by atoms with Crippen LogP contribution in [0.15, 0.2) is 35.3 Å². The fourth-order valence-electron chi connectivity index (χ4n) is 1.20. The van der Waals surface area contributed by atoms with Crippen LogP contribution < -0.4 is 5.32 Å². The Morgan fingerprint density at radius 2 is 2.25 bits per heavy atom. The third kappa shape index (κ3) is 2.46. The van der Waals surface area contributed by atoms with Crippen molar-refractivity contribution in [1.82, 2.24) is 14.8 Å². The molecule has 0 unspecified atom stereocenters. The molecule has 0 spiro atoms. The first-order valence-electron chi connectivity index (χ1n) is 4.57. The lowest BCUT2D eigenvalue weighted by molar-refractivity contribution is 0.102. The van der Waals surface area contributed by atoms with E-state index in [-0.39, 0.29) is 5.91 Å². The molecule has 16 heavy (non-hydrogen) atoms. The van der Waals surface area contributed by atoms with Crippen LogP contribution in [0.3, 0.4) is 0 Å². The molecule has 2 aromatic rings. The van der Waals surface area contributed by atoms with Crippen LogP contribution in [-0.4, -0.2) is 20.7 Å². The van der Waals surface area contributed by atoms with Crippen LogP contribution in [0.4, 0.5) is 5.69 Å². The Morgan fingerprint density at radius 1 is 1.44 bits per heavy atom. The Hall–Kier alpha value is -1.69. The minimum atomic E-state index is -0.201. The van der Waals surface area contributed by atoms with Crippen LogP contribution in [-0.2, 0) is 7.05 Å². The number of nitrogens with zero attached hydrogens (tertiary/aromatic N) is 3. The number of hydrogen-bond donors (Lipinski definition) is 1. The highest BCUT2D eigenvalue weighted by Crippen LogP contribution is 2.09. The number of amides is 1. The molecule has 1 amide bonds. The molecule has 0 aliphatic carbocycles. The average Bonchev–Trinajstić information content (AvgIpc) is 2.65. The normalized spacial score (nSPS) is 10.1. The third-order valence-corrected chi connectivity index (χ3v) is 2.42. The molecule has 0 bridgehead atoms. The second-order valence-corrected chi connectivity index (χ2v) is 4.04. The Morgan fingerprint density at radius 3 is 2.81 bits per heavy atom. The van der Waals surface area contributed by atoms with Crippen molar-refractivity contribution in [3.05, 3.63) is 40.9 Å². The van der Waals surface area contributed by atoms with Gasteiger partial charge in [0.05, 0.1) is 17.4 Å². The van der Waals surface area contributed by atoms with E-state index in [1.165, 1.54) is 6.20 Å². The van der Waals surface area contributed by atoms with E-state index in [0.29, 0.717) is 15.9 Å². The van der Waals surface area contributed by atoms with Gasteiger partial charge in [-0.25, -0.2) is 4.98 Å². The fourth-order valence-corrected chi connectivity index (χ4v) is 1.43. The van der Waals surface area contributed by atoms with Gasteiger partial charge >= 0.3 is 0 Å². The van der Waals surface area contributed by atoms with Crippen molar-refractivity contribution in [2.75, 3.05) is 5.32 Å². The zero-order valence-electron chi connectivity index (χ0n) is 8.51. The molecule has 2 rings (SSSR count). The SMILES string of the molecule is Cn1cc(NC(=O)c2ccc(Br)nc2)cn1. The Kier molecular flexibility index (Phi) is 3.00. The number of carbonyl (C=O) groups excluding carboxylic acids is 1. The van der Waals surface area contributed by atoms with Crippen LogP contribution >= 0.6 is 15.9 Å². The van der Waals surface area contributed by atoms with Crippen molar-refractivity contribution in [3.8, 4) is 0 Å². The van der Waals surface area contributed by atoms with Gasteiger partial charge in [-0.3, -0.25) is 9.48 Å². The molecular formula is C10H9BrN4O. The summed E-state index contributed by atoms with van der Waals surface area (Å²) in [4.78, 5) is 15.7. The van der Waals surface area contributed by atoms with Crippen molar-refractivity contribution in [1.29, 1.82) is 0 Å². The summed E-state index contributed by atoms with van der Waals surface area (Å²) >= 11 is 3.21. The van der Waals surface area contributed by atoms with Gasteiger partial charge in [0.25, 0.3) is 5.91 Å². The molecule has 0 aliphatic rings. The summed E-state index contributed by atoms with van der Waals surface area (Å²) in [5.74, 6) is -0.201. The van der Waals surface area contributed by atoms with E-state index in [1.54, 1.807) is 36.3 Å². The lowest BCUT2D eigenvalue weighted by atomic mass is 10.2. The maximum Gasteiger partial charge on any atom is 0.257 e. The molecule has 2 aromatic heterocycles. The number of rotatable bonds is 2. The highest BCUT2D eigenvalue weighted by atomic mass is 79.9. The second-order valence-electron chi connectivity index (χ2n) is 3.23. The lowest BCUT2D eigenvalue weighted by Gasteiger charge is -2.01. The number of nitrogens with one attached hydrogen (secondary N) is 1. The molecule has 0 aromatic carbocycles. The number of carbonyl (C=O) groups is 1. The van der Waals surface area contributed by atoms with Gasteiger partial charge in [0.2, 0.25) is 0 Å². The molecule has 0 atom stereocenters. The van der Waals surface area contributed by atoms with Gasteiger partial charge < -0.3 is 5.32 Å². The van der Waals surface area contributed by atoms with Crippen molar-refractivity contribution in [2.24, 2.45) is 7.05 Å². The van der Waals surface area contributed by atoms with Crippen molar-refractivity contribution >= 4 is 27.5 Å². The molecule has 6 heteroatoms. The number of hydrogen-bond acceptors (Lipinski definition) is 3. The first-order valence-corrected chi connectivity index (χ1v) is 5.36. The average molecular weight is 281 g/mol. The summed E-state index contributed by atoms with van der Waals surface area (Å²) in [7, 11) is 1.79. The van der Waals surface area contributed by atoms with Crippen LogP contribution in [0.5, 0.6) is 0 Å². The number of pyridine rings is 1. The zero-order valence-corrected chi connectivity index (χ0v) is 10.1. The number of aryl methyl sites for hydroxylation is 1. The molecule has 0 aliphatic heterocycles. The molecule has 0 saturated heterocycles. The maximum absolute atomic E-state index is 11.7. The molecule has 5 nitrogen and oxygen atoms in total. The van der Waals surface area contributed by atoms with E-state index in [0.717, 1.165) is 0 Å². The van der Waals surface area contributed by atoms with Crippen LogP contribution in [0, 0.1) is 0 Å². The predicted molar refractivity (Wildman–Crippen MR) is 63.1 cm³/mol. The van der Waals surface area contributed by atoms with Crippen LogP contribution in [0.1, 0.15) is 10.4 Å². The largest absolute Gasteiger partial charge is 0.319 e. The van der Waals surface area contributed by atoms with Gasteiger partial charge in [0.15, 0.2) is 0 Å². The van der Waals surface area contributed by atoms with Crippen LogP contribution in [0.25, 0.3) is 0 Å². The molecule has 0 saturated carbocycles. The molecule has 2 heterocycles. The van der Waals surface area contributed by atoms with Gasteiger partial charge in [0.1, 0.15) is 4.60 Å². The van der Waals surface area contributed by atoms with Gasteiger partial charge in [-0.1, -0.05) is 0 Å². The maximum atomic E-state index is 11.7. The molecule has 82 valence electrons. The Bertz CT molecular complexity index is 506. The van der Waals surface area contributed by atoms with E-state index in [9.17, 15) is 4.79 Å². The summed E-state index contributed by atoms with van der Waals surface area (Å²) < 4.78 is 2.32. The standard InChI is InChI=1S/C10H9BrN4O/c1-15-6-8(5-13-15)14-10(16)7-2-3-9(11)12-4-7/h2-6H,1H3,(H,14,16).